The van der Waals surface area contributed by atoms with E-state index >= 15 is 0 Å². The van der Waals surface area contributed by atoms with Crippen LogP contribution in [-0.2, 0) is 17.2 Å². The van der Waals surface area contributed by atoms with Crippen LogP contribution in [0.1, 0.15) is 57.2 Å². The number of aryl methyl sites for hydroxylation is 1. The van der Waals surface area contributed by atoms with E-state index in [0.29, 0.717) is 5.92 Å². The van der Waals surface area contributed by atoms with Gasteiger partial charge in [0.15, 0.2) is 0 Å². The van der Waals surface area contributed by atoms with Gasteiger partial charge in [-0.15, -0.1) is 0 Å². The fraction of sp³-hybridized carbons (Fsp3) is 0.667. The minimum atomic E-state index is -0.730. The standard InChI is InChI=1S/C18H29NOS/c1-4-12-19-18-16-8-6-5-7-15(16)9-10-17(18)21(20)13-11-14(2)3/h5-8,14,17-19H,4,9-13H2,1-3H3. The summed E-state index contributed by atoms with van der Waals surface area (Å²) in [5.74, 6) is 1.47. The number of rotatable bonds is 7. The molecule has 0 aliphatic heterocycles. The van der Waals surface area contributed by atoms with Gasteiger partial charge in [-0.05, 0) is 49.3 Å². The lowest BCUT2D eigenvalue weighted by Crippen LogP contribution is -2.39. The summed E-state index contributed by atoms with van der Waals surface area (Å²) in [6.45, 7) is 7.60. The van der Waals surface area contributed by atoms with E-state index in [-0.39, 0.29) is 11.3 Å². The van der Waals surface area contributed by atoms with Crippen LogP contribution < -0.4 is 5.32 Å². The highest BCUT2D eigenvalue weighted by Gasteiger charge is 2.32. The van der Waals surface area contributed by atoms with Crippen molar-refractivity contribution in [2.45, 2.75) is 57.7 Å². The minimum Gasteiger partial charge on any atom is -0.309 e. The van der Waals surface area contributed by atoms with Crippen LogP contribution in [0.3, 0.4) is 0 Å². The first-order valence-corrected chi connectivity index (χ1v) is 9.70. The molecule has 0 heterocycles. The molecular weight excluding hydrogens is 278 g/mol. The van der Waals surface area contributed by atoms with Gasteiger partial charge < -0.3 is 5.32 Å². The second kappa shape index (κ2) is 8.09. The predicted octanol–water partition coefficient (Wildman–Crippen LogP) is 3.84. The summed E-state index contributed by atoms with van der Waals surface area (Å²) in [6, 6.07) is 8.94. The first-order chi connectivity index (χ1) is 10.1. The van der Waals surface area contributed by atoms with Gasteiger partial charge in [0.25, 0.3) is 0 Å². The zero-order valence-corrected chi connectivity index (χ0v) is 14.4. The summed E-state index contributed by atoms with van der Waals surface area (Å²) in [7, 11) is -0.730. The Bertz CT molecular complexity index is 472. The van der Waals surface area contributed by atoms with Gasteiger partial charge in [-0.2, -0.15) is 0 Å². The molecule has 0 fully saturated rings. The van der Waals surface area contributed by atoms with Crippen LogP contribution in [0.4, 0.5) is 0 Å². The molecule has 0 radical (unpaired) electrons. The van der Waals surface area contributed by atoms with E-state index < -0.39 is 10.8 Å². The summed E-state index contributed by atoms with van der Waals surface area (Å²) in [4.78, 5) is 0. The van der Waals surface area contributed by atoms with Crippen molar-refractivity contribution in [2.75, 3.05) is 12.3 Å². The van der Waals surface area contributed by atoms with E-state index in [1.165, 1.54) is 11.1 Å². The molecule has 1 aliphatic rings. The van der Waals surface area contributed by atoms with Gasteiger partial charge in [0.1, 0.15) is 0 Å². The van der Waals surface area contributed by atoms with E-state index in [1.807, 2.05) is 0 Å². The molecule has 0 amide bonds. The Morgan fingerprint density at radius 3 is 2.81 bits per heavy atom. The molecule has 2 rings (SSSR count). The molecule has 1 aromatic carbocycles. The van der Waals surface area contributed by atoms with Gasteiger partial charge in [-0.1, -0.05) is 45.0 Å². The van der Waals surface area contributed by atoms with Gasteiger partial charge in [0.05, 0.1) is 5.25 Å². The topological polar surface area (TPSA) is 29.1 Å². The highest BCUT2D eigenvalue weighted by atomic mass is 32.2. The van der Waals surface area contributed by atoms with Crippen LogP contribution in [0.15, 0.2) is 24.3 Å². The average molecular weight is 308 g/mol. The van der Waals surface area contributed by atoms with E-state index in [9.17, 15) is 4.21 Å². The summed E-state index contributed by atoms with van der Waals surface area (Å²) in [5.41, 5.74) is 2.81. The largest absolute Gasteiger partial charge is 0.309 e. The Morgan fingerprint density at radius 2 is 2.10 bits per heavy atom. The molecule has 1 aromatic rings. The maximum Gasteiger partial charge on any atom is 0.0546 e. The number of nitrogens with one attached hydrogen (secondary N) is 1. The third kappa shape index (κ3) is 4.40. The number of hydrogen-bond donors (Lipinski definition) is 1. The lowest BCUT2D eigenvalue weighted by atomic mass is 9.87. The lowest BCUT2D eigenvalue weighted by Gasteiger charge is -2.34. The molecule has 0 saturated carbocycles. The molecule has 2 nitrogen and oxygen atoms in total. The lowest BCUT2D eigenvalue weighted by molar-refractivity contribution is 0.462. The van der Waals surface area contributed by atoms with E-state index in [0.717, 1.165) is 38.0 Å². The summed E-state index contributed by atoms with van der Waals surface area (Å²) in [5, 5.41) is 3.92. The molecule has 0 saturated heterocycles. The van der Waals surface area contributed by atoms with Crippen molar-refractivity contribution in [2.24, 2.45) is 5.92 Å². The normalized spacial score (nSPS) is 23.0. The third-order valence-corrected chi connectivity index (χ3v) is 6.13. The van der Waals surface area contributed by atoms with Crippen molar-refractivity contribution < 1.29 is 4.21 Å². The van der Waals surface area contributed by atoms with Crippen LogP contribution >= 0.6 is 0 Å². The molecule has 3 unspecified atom stereocenters. The van der Waals surface area contributed by atoms with Crippen molar-refractivity contribution >= 4 is 10.8 Å². The SMILES string of the molecule is CCCNC1c2ccccc2CCC1S(=O)CCC(C)C. The van der Waals surface area contributed by atoms with Crippen LogP contribution in [0, 0.1) is 5.92 Å². The Hall–Kier alpha value is -0.670. The van der Waals surface area contributed by atoms with Gasteiger partial charge in [0.2, 0.25) is 0 Å². The molecule has 0 spiro atoms. The zero-order valence-electron chi connectivity index (χ0n) is 13.6. The summed E-state index contributed by atoms with van der Waals surface area (Å²) in [6.07, 6.45) is 4.29. The van der Waals surface area contributed by atoms with Gasteiger partial charge in [0, 0.05) is 22.6 Å². The van der Waals surface area contributed by atoms with Crippen LogP contribution in [0.25, 0.3) is 0 Å². The fourth-order valence-electron chi connectivity index (χ4n) is 3.06. The number of hydrogen-bond acceptors (Lipinski definition) is 2. The summed E-state index contributed by atoms with van der Waals surface area (Å²) >= 11 is 0. The van der Waals surface area contributed by atoms with Crippen molar-refractivity contribution in [1.29, 1.82) is 0 Å². The quantitative estimate of drug-likeness (QED) is 0.829. The number of benzene rings is 1. The maximum absolute atomic E-state index is 12.8. The third-order valence-electron chi connectivity index (χ3n) is 4.31. The average Bonchev–Trinajstić information content (AvgIpc) is 2.50. The Labute approximate surface area is 132 Å². The first-order valence-electron chi connectivity index (χ1n) is 8.31. The molecule has 3 heteroatoms. The van der Waals surface area contributed by atoms with Crippen molar-refractivity contribution in [3.05, 3.63) is 35.4 Å². The Balaban J connectivity index is 2.14. The molecule has 1 aliphatic carbocycles. The minimum absolute atomic E-state index is 0.267. The van der Waals surface area contributed by atoms with Crippen LogP contribution in [0.2, 0.25) is 0 Å². The maximum atomic E-state index is 12.8. The predicted molar refractivity (Wildman–Crippen MR) is 92.1 cm³/mol. The first kappa shape index (κ1) is 16.7. The van der Waals surface area contributed by atoms with Gasteiger partial charge in [-0.3, -0.25) is 4.21 Å². The fourth-order valence-corrected chi connectivity index (χ4v) is 4.99. The molecule has 1 N–H and O–H groups in total. The van der Waals surface area contributed by atoms with Crippen LogP contribution in [-0.4, -0.2) is 21.8 Å². The Morgan fingerprint density at radius 1 is 1.33 bits per heavy atom. The van der Waals surface area contributed by atoms with Crippen molar-refractivity contribution in [3.8, 4) is 0 Å². The Kier molecular flexibility index (Phi) is 6.43. The second-order valence-corrected chi connectivity index (χ2v) is 8.25. The van der Waals surface area contributed by atoms with Crippen LogP contribution in [0.5, 0.6) is 0 Å². The van der Waals surface area contributed by atoms with E-state index in [1.54, 1.807) is 0 Å². The van der Waals surface area contributed by atoms with Crippen molar-refractivity contribution in [3.63, 3.8) is 0 Å². The molecule has 21 heavy (non-hydrogen) atoms. The van der Waals surface area contributed by atoms with Crippen molar-refractivity contribution in [1.82, 2.24) is 5.32 Å². The highest BCUT2D eigenvalue weighted by Crippen LogP contribution is 2.33. The van der Waals surface area contributed by atoms with E-state index in [2.05, 4.69) is 50.4 Å². The molecule has 0 bridgehead atoms. The number of fused-ring (bicyclic) bond motifs is 1. The molecule has 0 aromatic heterocycles. The molecule has 118 valence electrons. The molecular formula is C18H29NOS. The highest BCUT2D eigenvalue weighted by molar-refractivity contribution is 7.85. The summed E-state index contributed by atoms with van der Waals surface area (Å²) < 4.78 is 12.8. The second-order valence-electron chi connectivity index (χ2n) is 6.48. The van der Waals surface area contributed by atoms with Gasteiger partial charge in [-0.25, -0.2) is 0 Å². The monoisotopic (exact) mass is 307 g/mol. The zero-order chi connectivity index (χ0) is 15.2. The van der Waals surface area contributed by atoms with E-state index in [4.69, 9.17) is 0 Å². The molecule has 3 atom stereocenters. The van der Waals surface area contributed by atoms with Gasteiger partial charge >= 0.3 is 0 Å². The smallest absolute Gasteiger partial charge is 0.0546 e.